The summed E-state index contributed by atoms with van der Waals surface area (Å²) in [5.41, 5.74) is 3.61. The van der Waals surface area contributed by atoms with Crippen molar-refractivity contribution in [2.45, 2.75) is 13.5 Å². The van der Waals surface area contributed by atoms with Crippen molar-refractivity contribution in [3.8, 4) is 0 Å². The number of hydrogen-bond donors (Lipinski definition) is 1. The average molecular weight is 198 g/mol. The number of aromatic nitrogens is 2. The fourth-order valence-corrected chi connectivity index (χ4v) is 0.931. The van der Waals surface area contributed by atoms with Crippen LogP contribution >= 0.6 is 11.6 Å². The normalized spacial score (nSPS) is 11.7. The molecule has 0 atom stereocenters. The van der Waals surface area contributed by atoms with Crippen molar-refractivity contribution in [1.82, 2.24) is 15.5 Å². The highest BCUT2D eigenvalue weighted by molar-refractivity contribution is 6.25. The average Bonchev–Trinajstić information content (AvgIpc) is 2.19. The maximum absolute atomic E-state index is 5.50. The highest BCUT2D eigenvalue weighted by Gasteiger charge is 1.92. The van der Waals surface area contributed by atoms with Crippen LogP contribution in [0.1, 0.15) is 12.6 Å². The van der Waals surface area contributed by atoms with Crippen molar-refractivity contribution in [2.24, 2.45) is 0 Å². The molecule has 0 radical (unpaired) electrons. The second kappa shape index (κ2) is 5.67. The first-order chi connectivity index (χ1) is 6.33. The molecule has 0 amide bonds. The van der Waals surface area contributed by atoms with Crippen molar-refractivity contribution < 1.29 is 0 Å². The van der Waals surface area contributed by atoms with E-state index in [1.165, 1.54) is 0 Å². The van der Waals surface area contributed by atoms with Crippen LogP contribution in [0.4, 0.5) is 0 Å². The van der Waals surface area contributed by atoms with Gasteiger partial charge in [0.15, 0.2) is 0 Å². The van der Waals surface area contributed by atoms with Gasteiger partial charge in [-0.05, 0) is 24.6 Å². The molecule has 0 bridgehead atoms. The maximum atomic E-state index is 5.50. The molecule has 1 rings (SSSR count). The third-order valence-corrected chi connectivity index (χ3v) is 1.90. The summed E-state index contributed by atoms with van der Waals surface area (Å²) in [6.45, 7) is 3.46. The SMILES string of the molecule is C/C(=C/Cl)CNCc1cccnn1. The van der Waals surface area contributed by atoms with E-state index < -0.39 is 0 Å². The van der Waals surface area contributed by atoms with Gasteiger partial charge in [0, 0.05) is 24.8 Å². The van der Waals surface area contributed by atoms with E-state index in [0.29, 0.717) is 0 Å². The third kappa shape index (κ3) is 4.01. The summed E-state index contributed by atoms with van der Waals surface area (Å²) in [6, 6.07) is 3.80. The molecule has 1 aromatic rings. The Hall–Kier alpha value is -0.930. The molecule has 0 aliphatic carbocycles. The van der Waals surface area contributed by atoms with E-state index in [9.17, 15) is 0 Å². The summed E-state index contributed by atoms with van der Waals surface area (Å²) in [6.07, 6.45) is 1.66. The molecule has 0 unspecified atom stereocenters. The van der Waals surface area contributed by atoms with Gasteiger partial charge in [0.25, 0.3) is 0 Å². The van der Waals surface area contributed by atoms with Crippen LogP contribution in [0.5, 0.6) is 0 Å². The van der Waals surface area contributed by atoms with E-state index in [-0.39, 0.29) is 0 Å². The fraction of sp³-hybridized carbons (Fsp3) is 0.333. The molecule has 0 saturated carbocycles. The number of nitrogens with zero attached hydrogens (tertiary/aromatic N) is 2. The lowest BCUT2D eigenvalue weighted by Gasteiger charge is -2.02. The monoisotopic (exact) mass is 197 g/mol. The van der Waals surface area contributed by atoms with E-state index in [1.54, 1.807) is 11.7 Å². The molecule has 0 aliphatic rings. The van der Waals surface area contributed by atoms with Crippen molar-refractivity contribution in [1.29, 1.82) is 0 Å². The zero-order valence-electron chi connectivity index (χ0n) is 7.50. The Morgan fingerprint density at radius 1 is 1.69 bits per heavy atom. The van der Waals surface area contributed by atoms with Crippen LogP contribution in [0.25, 0.3) is 0 Å². The van der Waals surface area contributed by atoms with Gasteiger partial charge in [-0.1, -0.05) is 11.6 Å². The first-order valence-corrected chi connectivity index (χ1v) is 4.49. The molecule has 0 saturated heterocycles. The first-order valence-electron chi connectivity index (χ1n) is 4.06. The lowest BCUT2D eigenvalue weighted by Crippen LogP contribution is -2.16. The van der Waals surface area contributed by atoms with Gasteiger partial charge in [0.05, 0.1) is 5.69 Å². The Morgan fingerprint density at radius 3 is 3.15 bits per heavy atom. The van der Waals surface area contributed by atoms with E-state index in [0.717, 1.165) is 24.4 Å². The summed E-state index contributed by atoms with van der Waals surface area (Å²) >= 11 is 5.50. The van der Waals surface area contributed by atoms with Crippen molar-refractivity contribution >= 4 is 11.6 Å². The minimum Gasteiger partial charge on any atom is -0.307 e. The van der Waals surface area contributed by atoms with Gasteiger partial charge in [-0.3, -0.25) is 0 Å². The highest BCUT2D eigenvalue weighted by atomic mass is 35.5. The minimum atomic E-state index is 0.718. The Morgan fingerprint density at radius 2 is 2.54 bits per heavy atom. The lowest BCUT2D eigenvalue weighted by atomic mass is 10.3. The van der Waals surface area contributed by atoms with Crippen LogP contribution in [0.15, 0.2) is 29.4 Å². The topological polar surface area (TPSA) is 37.8 Å². The summed E-state index contributed by atoms with van der Waals surface area (Å²) in [7, 11) is 0. The standard InChI is InChI=1S/C9H12ClN3/c1-8(5-10)6-11-7-9-3-2-4-12-13-9/h2-5,11H,6-7H2,1H3/b8-5-. The van der Waals surface area contributed by atoms with Crippen LogP contribution in [0, 0.1) is 0 Å². The Labute approximate surface area is 82.8 Å². The van der Waals surface area contributed by atoms with Gasteiger partial charge >= 0.3 is 0 Å². The van der Waals surface area contributed by atoms with E-state index in [4.69, 9.17) is 11.6 Å². The van der Waals surface area contributed by atoms with E-state index in [2.05, 4.69) is 15.5 Å². The van der Waals surface area contributed by atoms with Crippen LogP contribution in [-0.2, 0) is 6.54 Å². The zero-order chi connectivity index (χ0) is 9.52. The highest BCUT2D eigenvalue weighted by Crippen LogP contribution is 1.94. The summed E-state index contributed by atoms with van der Waals surface area (Å²) in [5, 5.41) is 10.9. The number of nitrogens with one attached hydrogen (secondary N) is 1. The summed E-state index contributed by atoms with van der Waals surface area (Å²) < 4.78 is 0. The number of rotatable bonds is 4. The Kier molecular flexibility index (Phi) is 4.43. The number of halogens is 1. The third-order valence-electron chi connectivity index (χ3n) is 1.52. The minimum absolute atomic E-state index is 0.718. The van der Waals surface area contributed by atoms with Gasteiger partial charge < -0.3 is 5.32 Å². The first kappa shape index (κ1) is 10.2. The predicted molar refractivity (Wildman–Crippen MR) is 53.3 cm³/mol. The molecule has 1 aromatic heterocycles. The molecule has 0 fully saturated rings. The smallest absolute Gasteiger partial charge is 0.0769 e. The zero-order valence-corrected chi connectivity index (χ0v) is 8.25. The van der Waals surface area contributed by atoms with Gasteiger partial charge in [0.2, 0.25) is 0 Å². The van der Waals surface area contributed by atoms with Crippen LogP contribution in [0.3, 0.4) is 0 Å². The van der Waals surface area contributed by atoms with E-state index >= 15 is 0 Å². The van der Waals surface area contributed by atoms with Gasteiger partial charge in [0.1, 0.15) is 0 Å². The molecule has 0 aromatic carbocycles. The molecule has 1 N–H and O–H groups in total. The number of hydrogen-bond acceptors (Lipinski definition) is 3. The van der Waals surface area contributed by atoms with Gasteiger partial charge in [-0.15, -0.1) is 0 Å². The van der Waals surface area contributed by atoms with E-state index in [1.807, 2.05) is 19.1 Å². The van der Waals surface area contributed by atoms with Crippen molar-refractivity contribution in [3.05, 3.63) is 35.1 Å². The van der Waals surface area contributed by atoms with Crippen molar-refractivity contribution in [3.63, 3.8) is 0 Å². The fourth-order valence-electron chi connectivity index (χ4n) is 0.854. The maximum Gasteiger partial charge on any atom is 0.0769 e. The Bertz CT molecular complexity index is 271. The predicted octanol–water partition coefficient (Wildman–Crippen LogP) is 1.71. The van der Waals surface area contributed by atoms with Crippen molar-refractivity contribution in [2.75, 3.05) is 6.54 Å². The summed E-state index contributed by atoms with van der Waals surface area (Å²) in [4.78, 5) is 0. The molecule has 0 spiro atoms. The molecule has 13 heavy (non-hydrogen) atoms. The molecule has 1 heterocycles. The molecule has 70 valence electrons. The molecule has 3 nitrogen and oxygen atoms in total. The van der Waals surface area contributed by atoms with Crippen LogP contribution in [-0.4, -0.2) is 16.7 Å². The quantitative estimate of drug-likeness (QED) is 0.799. The van der Waals surface area contributed by atoms with Crippen LogP contribution in [0.2, 0.25) is 0 Å². The van der Waals surface area contributed by atoms with Gasteiger partial charge in [-0.25, -0.2) is 0 Å². The molecule has 4 heteroatoms. The Balaban J connectivity index is 2.28. The second-order valence-electron chi connectivity index (χ2n) is 2.77. The second-order valence-corrected chi connectivity index (χ2v) is 2.99. The summed E-state index contributed by atoms with van der Waals surface area (Å²) in [5.74, 6) is 0. The molecule has 0 aliphatic heterocycles. The van der Waals surface area contributed by atoms with Crippen LogP contribution < -0.4 is 5.32 Å². The lowest BCUT2D eigenvalue weighted by molar-refractivity contribution is 0.710. The molecular formula is C9H12ClN3. The van der Waals surface area contributed by atoms with Gasteiger partial charge in [-0.2, -0.15) is 10.2 Å². The largest absolute Gasteiger partial charge is 0.307 e. The molecular weight excluding hydrogens is 186 g/mol.